The average molecular weight is 537 g/mol. The number of hydrogen-bond donors (Lipinski definition) is 3. The Morgan fingerprint density at radius 3 is 2.69 bits per heavy atom. The molecule has 36 heavy (non-hydrogen) atoms. The zero-order chi connectivity index (χ0) is 26.1. The molecule has 3 amide bonds. The van der Waals surface area contributed by atoms with Crippen molar-refractivity contribution in [3.63, 3.8) is 0 Å². The lowest BCUT2D eigenvalue weighted by atomic mass is 10.0. The third-order valence-corrected chi connectivity index (χ3v) is 7.36. The third kappa shape index (κ3) is 4.69. The van der Waals surface area contributed by atoms with E-state index in [1.807, 2.05) is 0 Å². The zero-order valence-electron chi connectivity index (χ0n) is 18.9. The van der Waals surface area contributed by atoms with Crippen LogP contribution in [0.3, 0.4) is 0 Å². The van der Waals surface area contributed by atoms with Crippen LogP contribution in [0.1, 0.15) is 19.0 Å². The summed E-state index contributed by atoms with van der Waals surface area (Å²) in [5.74, 6) is -3.81. The van der Waals surface area contributed by atoms with Crippen molar-refractivity contribution in [2.45, 2.75) is 24.8 Å². The number of nitrogen functional groups attached to an aromatic ring is 1. The Morgan fingerprint density at radius 1 is 1.36 bits per heavy atom. The van der Waals surface area contributed by atoms with Crippen molar-refractivity contribution in [2.75, 3.05) is 25.1 Å². The van der Waals surface area contributed by atoms with Crippen LogP contribution in [0.2, 0.25) is 0 Å². The fraction of sp³-hybridized carbons (Fsp3) is 0.350. The number of fused-ring (bicyclic) bond motifs is 1. The van der Waals surface area contributed by atoms with Crippen LogP contribution in [-0.2, 0) is 33.6 Å². The van der Waals surface area contributed by atoms with Gasteiger partial charge >= 0.3 is 11.9 Å². The molecular formula is C20H20N6O8S2. The first kappa shape index (κ1) is 25.3. The molecule has 2 atom stereocenters. The molecule has 0 unspecified atom stereocenters. The Labute approximate surface area is 211 Å². The number of carboxylic acids is 1. The van der Waals surface area contributed by atoms with E-state index in [0.29, 0.717) is 24.1 Å². The van der Waals surface area contributed by atoms with Crippen LogP contribution in [-0.4, -0.2) is 86.2 Å². The third-order valence-electron chi connectivity index (χ3n) is 5.39. The van der Waals surface area contributed by atoms with Gasteiger partial charge in [0.05, 0.1) is 13.7 Å². The lowest BCUT2D eigenvalue weighted by molar-refractivity contribution is -0.164. The lowest BCUT2D eigenvalue weighted by Gasteiger charge is -2.49. The van der Waals surface area contributed by atoms with E-state index in [0.717, 1.165) is 28.2 Å². The van der Waals surface area contributed by atoms with E-state index in [1.165, 1.54) is 30.3 Å². The summed E-state index contributed by atoms with van der Waals surface area (Å²) in [6.45, 7) is 1.43. The summed E-state index contributed by atoms with van der Waals surface area (Å²) in [6, 6.07) is -1.07. The highest BCUT2D eigenvalue weighted by Crippen LogP contribution is 2.41. The van der Waals surface area contributed by atoms with E-state index in [4.69, 9.17) is 10.6 Å². The molecule has 4 rings (SSSR count). The second-order valence-corrected chi connectivity index (χ2v) is 9.64. The number of hydroxylamine groups is 2. The van der Waals surface area contributed by atoms with Crippen molar-refractivity contribution in [2.24, 2.45) is 5.16 Å². The Morgan fingerprint density at radius 2 is 2.11 bits per heavy atom. The van der Waals surface area contributed by atoms with Crippen molar-refractivity contribution in [3.8, 4) is 0 Å². The number of aliphatic carboxylic acids is 1. The van der Waals surface area contributed by atoms with Gasteiger partial charge in [0.1, 0.15) is 22.8 Å². The standard InChI is InChI=1S/C20H20N6O8S2/c1-8(27)34-24-12(11-7-36-20(21)22-11)15(28)23-13-17(30)26-14(19(31)32)10(6-35-18(13)26)5-9-3-4-25(33-2)16(9)29/h5,7,13,18H,3-4,6H2,1-2H3,(H2,21,22)(H,23,28)(H,31,32)/t13-,18-/m1/s1. The number of allylic oxidation sites excluding steroid dienone is 1. The smallest absolute Gasteiger partial charge is 0.352 e. The van der Waals surface area contributed by atoms with Gasteiger partial charge in [0.15, 0.2) is 10.8 Å². The fourth-order valence-electron chi connectivity index (χ4n) is 3.78. The number of thioether (sulfide) groups is 1. The van der Waals surface area contributed by atoms with Crippen LogP contribution >= 0.6 is 23.1 Å². The molecule has 3 aliphatic rings. The topological polar surface area (TPSA) is 194 Å². The van der Waals surface area contributed by atoms with Gasteiger partial charge in [-0.1, -0.05) is 5.16 Å². The molecule has 4 heterocycles. The number of anilines is 1. The molecule has 1 aromatic rings. The molecule has 1 aromatic heterocycles. The van der Waals surface area contributed by atoms with Gasteiger partial charge in [-0.05, 0) is 18.1 Å². The van der Waals surface area contributed by atoms with Crippen LogP contribution in [0.25, 0.3) is 0 Å². The number of carbonyl (C=O) groups is 5. The molecule has 2 saturated heterocycles. The minimum absolute atomic E-state index is 0.0440. The molecular weight excluding hydrogens is 516 g/mol. The number of carboxylic acid groups (broad SMARTS) is 1. The summed E-state index contributed by atoms with van der Waals surface area (Å²) in [5.41, 5.74) is 5.71. The molecule has 3 aliphatic heterocycles. The Hall–Kier alpha value is -3.76. The molecule has 14 nitrogen and oxygen atoms in total. The predicted molar refractivity (Wildman–Crippen MR) is 126 cm³/mol. The van der Waals surface area contributed by atoms with Crippen LogP contribution in [0, 0.1) is 0 Å². The largest absolute Gasteiger partial charge is 0.477 e. The Kier molecular flexibility index (Phi) is 7.09. The second-order valence-electron chi connectivity index (χ2n) is 7.64. The molecule has 0 radical (unpaired) electrons. The second kappa shape index (κ2) is 10.1. The van der Waals surface area contributed by atoms with Crippen LogP contribution in [0.4, 0.5) is 5.13 Å². The maximum Gasteiger partial charge on any atom is 0.352 e. The van der Waals surface area contributed by atoms with Crippen molar-refractivity contribution >= 4 is 63.6 Å². The van der Waals surface area contributed by atoms with E-state index in [9.17, 15) is 29.1 Å². The summed E-state index contributed by atoms with van der Waals surface area (Å²) in [5, 5.41) is 17.9. The van der Waals surface area contributed by atoms with Gasteiger partial charge in [0.2, 0.25) is 0 Å². The molecule has 0 aromatic carbocycles. The quantitative estimate of drug-likeness (QED) is 0.133. The number of thiazole rings is 1. The maximum atomic E-state index is 12.9. The molecule has 16 heteroatoms. The van der Waals surface area contributed by atoms with Crippen molar-refractivity contribution in [1.29, 1.82) is 0 Å². The average Bonchev–Trinajstić information content (AvgIpc) is 3.41. The van der Waals surface area contributed by atoms with Crippen molar-refractivity contribution in [1.82, 2.24) is 20.3 Å². The van der Waals surface area contributed by atoms with Gasteiger partial charge in [-0.3, -0.25) is 24.1 Å². The summed E-state index contributed by atoms with van der Waals surface area (Å²) in [4.78, 5) is 76.0. The number of carbonyl (C=O) groups excluding carboxylic acids is 4. The van der Waals surface area contributed by atoms with Crippen molar-refractivity contribution in [3.05, 3.63) is 34.0 Å². The molecule has 0 bridgehead atoms. The minimum Gasteiger partial charge on any atom is -0.477 e. The number of nitrogens with one attached hydrogen (secondary N) is 1. The predicted octanol–water partition coefficient (Wildman–Crippen LogP) is -0.549. The van der Waals surface area contributed by atoms with Gasteiger partial charge < -0.3 is 21.0 Å². The number of hydrogen-bond acceptors (Lipinski definition) is 12. The molecule has 0 saturated carbocycles. The van der Waals surface area contributed by atoms with Crippen LogP contribution in [0.5, 0.6) is 0 Å². The van der Waals surface area contributed by atoms with Gasteiger partial charge in [-0.25, -0.2) is 19.6 Å². The first-order chi connectivity index (χ1) is 17.1. The van der Waals surface area contributed by atoms with Crippen LogP contribution in [0.15, 0.2) is 33.5 Å². The number of nitrogens with zero attached hydrogens (tertiary/aromatic N) is 4. The Balaban J connectivity index is 1.55. The fourth-order valence-corrected chi connectivity index (χ4v) is 5.64. The first-order valence-corrected chi connectivity index (χ1v) is 12.3. The zero-order valence-corrected chi connectivity index (χ0v) is 20.6. The Bertz CT molecular complexity index is 1250. The lowest BCUT2D eigenvalue weighted by Crippen LogP contribution is -2.71. The number of nitrogens with two attached hydrogens (primary N) is 1. The summed E-state index contributed by atoms with van der Waals surface area (Å²) < 4.78 is 0. The van der Waals surface area contributed by atoms with E-state index in [-0.39, 0.29) is 33.9 Å². The number of aromatic nitrogens is 1. The normalized spacial score (nSPS) is 23.1. The maximum absolute atomic E-state index is 12.9. The van der Waals surface area contributed by atoms with Gasteiger partial charge in [-0.2, -0.15) is 0 Å². The molecule has 0 aliphatic carbocycles. The highest BCUT2D eigenvalue weighted by atomic mass is 32.2. The number of rotatable bonds is 7. The first-order valence-electron chi connectivity index (χ1n) is 10.4. The van der Waals surface area contributed by atoms with E-state index in [1.54, 1.807) is 0 Å². The summed E-state index contributed by atoms with van der Waals surface area (Å²) >= 11 is 2.26. The van der Waals surface area contributed by atoms with Gasteiger partial charge in [-0.15, -0.1) is 23.1 Å². The SMILES string of the molecule is CON1CCC(=CC2=C(C(=O)O)N3C(=O)[C@@H](NC(=O)C(=NOC(C)=O)c4csc(N)n4)[C@H]3SC2)C1=O. The summed E-state index contributed by atoms with van der Waals surface area (Å²) in [7, 11) is 1.36. The number of oxime groups is 1. The highest BCUT2D eigenvalue weighted by Gasteiger charge is 2.54. The number of amides is 3. The van der Waals surface area contributed by atoms with Gasteiger partial charge in [0.25, 0.3) is 17.7 Å². The molecule has 4 N–H and O–H groups in total. The highest BCUT2D eigenvalue weighted by molar-refractivity contribution is 8.00. The van der Waals surface area contributed by atoms with Gasteiger partial charge in [0, 0.05) is 23.6 Å². The summed E-state index contributed by atoms with van der Waals surface area (Å²) in [6.07, 6.45) is 1.85. The molecule has 190 valence electrons. The van der Waals surface area contributed by atoms with Crippen molar-refractivity contribution < 1.29 is 38.8 Å². The molecule has 2 fully saturated rings. The van der Waals surface area contributed by atoms with E-state index < -0.39 is 35.2 Å². The van der Waals surface area contributed by atoms with E-state index >= 15 is 0 Å². The molecule has 0 spiro atoms. The van der Waals surface area contributed by atoms with E-state index in [2.05, 4.69) is 20.3 Å². The minimum atomic E-state index is -1.34. The number of β-lactam (4-membered cyclic amide) rings is 1. The van der Waals surface area contributed by atoms with Crippen LogP contribution < -0.4 is 11.1 Å². The monoisotopic (exact) mass is 536 g/mol.